The number of halogens is 2. The number of hydrogen-bond acceptors (Lipinski definition) is 9. The Bertz CT molecular complexity index is 1990. The van der Waals surface area contributed by atoms with Crippen LogP contribution in [0.1, 0.15) is 70.2 Å². The predicted octanol–water partition coefficient (Wildman–Crippen LogP) is 1.67. The zero-order valence-electron chi connectivity index (χ0n) is 33.7. The third-order valence-corrected chi connectivity index (χ3v) is 9.28. The van der Waals surface area contributed by atoms with Crippen LogP contribution < -0.4 is 27.0 Å². The Labute approximate surface area is 345 Å². The van der Waals surface area contributed by atoms with Crippen LogP contribution >= 0.6 is 0 Å². The number of hydrogen-bond donors (Lipinski definition) is 8. The molecule has 9 N–H and O–H groups in total. The smallest absolute Gasteiger partial charge is 0.303 e. The van der Waals surface area contributed by atoms with Gasteiger partial charge < -0.3 is 51.8 Å². The summed E-state index contributed by atoms with van der Waals surface area (Å²) in [5.74, 6) is -7.33. The van der Waals surface area contributed by atoms with Crippen molar-refractivity contribution in [3.63, 3.8) is 0 Å². The Kier molecular flexibility index (Phi) is 18.3. The number of aliphatic hydroxyl groups excluding tert-OH is 1. The zero-order chi connectivity index (χ0) is 44.6. The van der Waals surface area contributed by atoms with Crippen molar-refractivity contribution in [2.75, 3.05) is 32.8 Å². The first-order chi connectivity index (χ1) is 28.3. The first-order valence-electron chi connectivity index (χ1n) is 19.2. The van der Waals surface area contributed by atoms with Crippen molar-refractivity contribution < 1.29 is 57.7 Å². The molecular weight excluding hydrogens is 788 g/mol. The van der Waals surface area contributed by atoms with Gasteiger partial charge in [0.05, 0.1) is 25.0 Å². The van der Waals surface area contributed by atoms with Crippen LogP contribution in [0.5, 0.6) is 0 Å². The molecule has 0 fully saturated rings. The van der Waals surface area contributed by atoms with E-state index in [9.17, 15) is 43.1 Å². The number of carboxylic acid groups (broad SMARTS) is 2. The van der Waals surface area contributed by atoms with Crippen LogP contribution in [0.15, 0.2) is 60.8 Å². The summed E-state index contributed by atoms with van der Waals surface area (Å²) >= 11 is 0. The summed E-state index contributed by atoms with van der Waals surface area (Å²) in [7, 11) is 0. The minimum absolute atomic E-state index is 0.0166. The van der Waals surface area contributed by atoms with Crippen molar-refractivity contribution >= 4 is 41.5 Å². The van der Waals surface area contributed by atoms with E-state index in [2.05, 4.69) is 21.3 Å². The summed E-state index contributed by atoms with van der Waals surface area (Å²) in [5.41, 5.74) is 7.36. The Morgan fingerprint density at radius 1 is 0.817 bits per heavy atom. The lowest BCUT2D eigenvalue weighted by Gasteiger charge is -2.41. The summed E-state index contributed by atoms with van der Waals surface area (Å²) < 4.78 is 31.2. The van der Waals surface area contributed by atoms with Crippen molar-refractivity contribution in [3.05, 3.63) is 83.7 Å². The number of carbonyl (C=O) groups is 7. The molecule has 0 unspecified atom stereocenters. The topological polar surface area (TPSA) is 262 Å². The number of aliphatic carboxylic acids is 2. The first kappa shape index (κ1) is 48.2. The Morgan fingerprint density at radius 2 is 1.47 bits per heavy atom. The van der Waals surface area contributed by atoms with Crippen LogP contribution in [0, 0.1) is 17.0 Å². The van der Waals surface area contributed by atoms with Gasteiger partial charge in [-0.2, -0.15) is 0 Å². The van der Waals surface area contributed by atoms with E-state index in [4.69, 9.17) is 15.9 Å². The van der Waals surface area contributed by atoms with Gasteiger partial charge in [-0.25, -0.2) is 8.78 Å². The molecule has 0 aliphatic carbocycles. The minimum Gasteiger partial charge on any atom is -0.481 e. The van der Waals surface area contributed by atoms with Crippen LogP contribution in [0.2, 0.25) is 0 Å². The van der Waals surface area contributed by atoms with Gasteiger partial charge in [-0.3, -0.25) is 33.6 Å². The number of nitrogens with zero attached hydrogens (tertiary/aromatic N) is 2. The molecule has 2 aromatic carbocycles. The van der Waals surface area contributed by atoms with Gasteiger partial charge in [0.15, 0.2) is 0 Å². The van der Waals surface area contributed by atoms with Gasteiger partial charge in [0, 0.05) is 62.0 Å². The molecule has 0 saturated carbocycles. The largest absolute Gasteiger partial charge is 0.481 e. The average Bonchev–Trinajstić information content (AvgIpc) is 3.59. The summed E-state index contributed by atoms with van der Waals surface area (Å²) in [6.07, 6.45) is 0.00581. The molecule has 19 heteroatoms. The number of aromatic nitrogens is 1. The highest BCUT2D eigenvalue weighted by atomic mass is 19.1. The number of nitrogens with two attached hydrogens (primary N) is 1. The summed E-state index contributed by atoms with van der Waals surface area (Å²) in [6, 6.07) is 10.9. The molecule has 0 aliphatic rings. The molecule has 3 atom stereocenters. The number of rotatable bonds is 23. The molecule has 3 rings (SSSR count). The monoisotopic (exact) mass is 841 g/mol. The number of aliphatic hydroxyl groups is 1. The van der Waals surface area contributed by atoms with E-state index in [-0.39, 0.29) is 44.5 Å². The van der Waals surface area contributed by atoms with Crippen molar-refractivity contribution in [1.82, 2.24) is 30.7 Å². The van der Waals surface area contributed by atoms with E-state index in [0.29, 0.717) is 17.8 Å². The number of carboxylic acids is 2. The molecule has 3 aromatic rings. The van der Waals surface area contributed by atoms with Crippen LogP contribution in [0.3, 0.4) is 0 Å². The Morgan fingerprint density at radius 3 is 2.08 bits per heavy atom. The minimum atomic E-state index is -1.31. The lowest BCUT2D eigenvalue weighted by molar-refractivity contribution is -0.140. The maximum absolute atomic E-state index is 15.1. The lowest BCUT2D eigenvalue weighted by Crippen LogP contribution is -2.51. The first-order valence-corrected chi connectivity index (χ1v) is 19.2. The Balaban J connectivity index is 1.70. The van der Waals surface area contributed by atoms with E-state index in [1.807, 2.05) is 55.7 Å². The third kappa shape index (κ3) is 15.2. The van der Waals surface area contributed by atoms with E-state index in [0.717, 1.165) is 23.8 Å². The number of nitrogens with one attached hydrogen (secondary N) is 4. The standard InChI is InChI=1S/C41H53F2N7O10/c1-41(2,3)38(32-19-26(28-20-27(42)9-10-29(28)43)23-49(32)22-25-7-5-4-6-8-25)50(35(54)24-51)18-15-30(44)39(59)45-16-17-46-40(60)31(11-13-36(55)56)48-34(53)21-47-33(52)12-14-37(57)58/h4-10,19-20,23,30-31,38,51H,11-18,21-22,24,44H2,1-3H3,(H,45,59)(H,46,60)(H,47,52)(H,48,53)(H,55,56)(H,57,58)/t30-,31+,38-/m0/s1. The maximum atomic E-state index is 15.1. The van der Waals surface area contributed by atoms with Crippen LogP contribution in [0.4, 0.5) is 8.78 Å². The van der Waals surface area contributed by atoms with E-state index in [1.165, 1.54) is 4.90 Å². The quantitative estimate of drug-likeness (QED) is 0.0637. The third-order valence-electron chi connectivity index (χ3n) is 9.28. The second-order valence-corrected chi connectivity index (χ2v) is 15.1. The normalized spacial score (nSPS) is 12.7. The van der Waals surface area contributed by atoms with E-state index < -0.39 is 103 Å². The molecule has 1 aromatic heterocycles. The molecule has 0 radical (unpaired) electrons. The maximum Gasteiger partial charge on any atom is 0.303 e. The second kappa shape index (κ2) is 22.8. The lowest BCUT2D eigenvalue weighted by atomic mass is 9.82. The molecular formula is C41H53F2N7O10. The predicted molar refractivity (Wildman–Crippen MR) is 214 cm³/mol. The SMILES string of the molecule is CC(C)(C)[C@H](c1cc(-c2cc(F)ccc2F)cn1Cc1ccccc1)N(CC[C@H](N)C(=O)NCCNC(=O)[C@@H](CCC(=O)O)NC(=O)CNC(=O)CCC(=O)O)C(=O)CO. The van der Waals surface area contributed by atoms with Crippen molar-refractivity contribution in [1.29, 1.82) is 0 Å². The van der Waals surface area contributed by atoms with Crippen molar-refractivity contribution in [2.24, 2.45) is 11.1 Å². The van der Waals surface area contributed by atoms with Gasteiger partial charge in [0.2, 0.25) is 29.5 Å². The fourth-order valence-corrected chi connectivity index (χ4v) is 6.41. The fourth-order valence-electron chi connectivity index (χ4n) is 6.41. The molecule has 0 bridgehead atoms. The highest BCUT2D eigenvalue weighted by molar-refractivity contribution is 5.91. The molecule has 0 spiro atoms. The van der Waals surface area contributed by atoms with E-state index in [1.54, 1.807) is 12.3 Å². The second-order valence-electron chi connectivity index (χ2n) is 15.1. The van der Waals surface area contributed by atoms with Crippen LogP contribution in [-0.4, -0.2) is 111 Å². The average molecular weight is 842 g/mol. The number of benzene rings is 2. The van der Waals surface area contributed by atoms with Gasteiger partial charge in [-0.15, -0.1) is 0 Å². The summed E-state index contributed by atoms with van der Waals surface area (Å²) in [5, 5.41) is 37.5. The summed E-state index contributed by atoms with van der Waals surface area (Å²) in [6.45, 7) is 4.09. The molecule has 0 aliphatic heterocycles. The Hall–Kier alpha value is -6.21. The van der Waals surface area contributed by atoms with Crippen LogP contribution in [0.25, 0.3) is 11.1 Å². The zero-order valence-corrected chi connectivity index (χ0v) is 33.7. The van der Waals surface area contributed by atoms with Crippen molar-refractivity contribution in [2.45, 2.75) is 77.5 Å². The molecule has 60 heavy (non-hydrogen) atoms. The number of amides is 5. The highest BCUT2D eigenvalue weighted by Gasteiger charge is 2.37. The van der Waals surface area contributed by atoms with Gasteiger partial charge >= 0.3 is 11.9 Å². The molecule has 326 valence electrons. The van der Waals surface area contributed by atoms with E-state index >= 15 is 4.39 Å². The van der Waals surface area contributed by atoms with Gasteiger partial charge in [0.25, 0.3) is 0 Å². The van der Waals surface area contributed by atoms with Gasteiger partial charge in [-0.1, -0.05) is 51.1 Å². The van der Waals surface area contributed by atoms with Crippen molar-refractivity contribution in [3.8, 4) is 11.1 Å². The fraction of sp³-hybridized carbons (Fsp3) is 0.439. The molecule has 0 saturated heterocycles. The molecule has 1 heterocycles. The summed E-state index contributed by atoms with van der Waals surface area (Å²) in [4.78, 5) is 86.7. The highest BCUT2D eigenvalue weighted by Crippen LogP contribution is 2.41. The number of carbonyl (C=O) groups excluding carboxylic acids is 5. The van der Waals surface area contributed by atoms with Crippen LogP contribution in [-0.2, 0) is 40.1 Å². The molecule has 5 amide bonds. The van der Waals surface area contributed by atoms with Gasteiger partial charge in [0.1, 0.15) is 24.3 Å². The van der Waals surface area contributed by atoms with Gasteiger partial charge in [-0.05, 0) is 48.1 Å². The molecule has 17 nitrogen and oxygen atoms in total.